The Morgan fingerprint density at radius 1 is 1.15 bits per heavy atom. The van der Waals surface area contributed by atoms with Gasteiger partial charge in [-0.25, -0.2) is 4.79 Å². The van der Waals surface area contributed by atoms with Crippen molar-refractivity contribution in [3.05, 3.63) is 58.8 Å². The number of fused-ring (bicyclic) bond motifs is 1. The first kappa shape index (κ1) is 17.6. The van der Waals surface area contributed by atoms with Gasteiger partial charge in [0.2, 0.25) is 0 Å². The maximum absolute atomic E-state index is 12.9. The number of carboxylic acid groups (broad SMARTS) is 1. The van der Waals surface area contributed by atoms with Gasteiger partial charge in [0.05, 0.1) is 0 Å². The highest BCUT2D eigenvalue weighted by atomic mass is 35.5. The Kier molecular flexibility index (Phi) is 4.40. The minimum absolute atomic E-state index is 0.214. The molecule has 2 heterocycles. The Morgan fingerprint density at radius 2 is 1.85 bits per heavy atom. The van der Waals surface area contributed by atoms with E-state index in [4.69, 9.17) is 16.0 Å². The van der Waals surface area contributed by atoms with E-state index in [0.717, 1.165) is 22.1 Å². The van der Waals surface area contributed by atoms with Crippen LogP contribution in [0.25, 0.3) is 22.1 Å². The van der Waals surface area contributed by atoms with Crippen molar-refractivity contribution in [3.63, 3.8) is 0 Å². The van der Waals surface area contributed by atoms with Gasteiger partial charge in [-0.15, -0.1) is 0 Å². The number of halogens is 1. The van der Waals surface area contributed by atoms with E-state index in [1.54, 1.807) is 0 Å². The highest BCUT2D eigenvalue weighted by Gasteiger charge is 2.36. The number of rotatable bonds is 3. The largest absolute Gasteiger partial charge is 0.480 e. The van der Waals surface area contributed by atoms with Crippen LogP contribution >= 0.6 is 11.6 Å². The molecule has 1 unspecified atom stereocenters. The number of nitrogens with zero attached hydrogens (tertiary/aromatic N) is 1. The summed E-state index contributed by atoms with van der Waals surface area (Å²) in [7, 11) is 0. The smallest absolute Gasteiger partial charge is 0.326 e. The number of aliphatic carboxylic acids is 1. The number of hydrogen-bond donors (Lipinski definition) is 1. The maximum Gasteiger partial charge on any atom is 0.326 e. The van der Waals surface area contributed by atoms with Crippen LogP contribution in [0.3, 0.4) is 0 Å². The molecule has 4 rings (SSSR count). The zero-order chi connectivity index (χ0) is 19.1. The quantitative estimate of drug-likeness (QED) is 0.708. The Bertz CT molecular complexity index is 1040. The van der Waals surface area contributed by atoms with Gasteiger partial charge in [-0.3, -0.25) is 4.79 Å². The zero-order valence-corrected chi connectivity index (χ0v) is 15.5. The Hall–Kier alpha value is -2.79. The van der Waals surface area contributed by atoms with E-state index in [1.165, 1.54) is 4.90 Å². The van der Waals surface area contributed by atoms with Crippen LogP contribution in [0.15, 0.2) is 46.9 Å². The monoisotopic (exact) mass is 383 g/mol. The summed E-state index contributed by atoms with van der Waals surface area (Å²) in [4.78, 5) is 25.7. The van der Waals surface area contributed by atoms with Crippen molar-refractivity contribution < 1.29 is 19.1 Å². The number of furan rings is 1. The van der Waals surface area contributed by atoms with E-state index in [9.17, 15) is 14.7 Å². The number of carbonyl (C=O) groups is 2. The molecule has 0 bridgehead atoms. The molecule has 0 saturated carbocycles. The topological polar surface area (TPSA) is 70.8 Å². The summed E-state index contributed by atoms with van der Waals surface area (Å²) >= 11 is 5.95. The van der Waals surface area contributed by atoms with E-state index in [1.807, 2.05) is 49.4 Å². The SMILES string of the molecule is Cc1c(C(=O)N2CCCC2C(=O)O)oc2cc(-c3ccc(Cl)cc3)ccc12. The third-order valence-corrected chi connectivity index (χ3v) is 5.36. The van der Waals surface area contributed by atoms with Gasteiger partial charge in [0.15, 0.2) is 5.76 Å². The lowest BCUT2D eigenvalue weighted by molar-refractivity contribution is -0.141. The van der Waals surface area contributed by atoms with Crippen LogP contribution in [0, 0.1) is 6.92 Å². The average molecular weight is 384 g/mol. The van der Waals surface area contributed by atoms with Gasteiger partial charge < -0.3 is 14.4 Å². The molecule has 138 valence electrons. The summed E-state index contributed by atoms with van der Waals surface area (Å²) in [6, 6.07) is 12.5. The standard InChI is InChI=1S/C21H18ClNO4/c1-12-16-9-6-14(13-4-7-15(22)8-5-13)11-18(16)27-19(12)20(24)23-10-2-3-17(23)21(25)26/h4-9,11,17H,2-3,10H2,1H3,(H,25,26). The molecule has 0 aliphatic carbocycles. The summed E-state index contributed by atoms with van der Waals surface area (Å²) in [5.41, 5.74) is 3.29. The fourth-order valence-electron chi connectivity index (χ4n) is 3.65. The third-order valence-electron chi connectivity index (χ3n) is 5.11. The van der Waals surface area contributed by atoms with Crippen molar-refractivity contribution in [2.75, 3.05) is 6.54 Å². The van der Waals surface area contributed by atoms with Crippen LogP contribution in [-0.4, -0.2) is 34.5 Å². The molecular formula is C21H18ClNO4. The van der Waals surface area contributed by atoms with Gasteiger partial charge in [0.25, 0.3) is 5.91 Å². The zero-order valence-electron chi connectivity index (χ0n) is 14.7. The summed E-state index contributed by atoms with van der Waals surface area (Å²) < 4.78 is 5.88. The number of hydrogen-bond acceptors (Lipinski definition) is 3. The molecular weight excluding hydrogens is 366 g/mol. The summed E-state index contributed by atoms with van der Waals surface area (Å²) in [5.74, 6) is -1.12. The van der Waals surface area contributed by atoms with E-state index < -0.39 is 12.0 Å². The van der Waals surface area contributed by atoms with Crippen LogP contribution in [0.2, 0.25) is 5.02 Å². The van der Waals surface area contributed by atoms with Gasteiger partial charge in [-0.1, -0.05) is 35.9 Å². The van der Waals surface area contributed by atoms with Gasteiger partial charge >= 0.3 is 5.97 Å². The van der Waals surface area contributed by atoms with Crippen molar-refractivity contribution in [1.82, 2.24) is 4.90 Å². The molecule has 1 atom stereocenters. The second-order valence-electron chi connectivity index (χ2n) is 6.77. The number of benzene rings is 2. The van der Waals surface area contributed by atoms with Crippen molar-refractivity contribution in [1.29, 1.82) is 0 Å². The molecule has 6 heteroatoms. The summed E-state index contributed by atoms with van der Waals surface area (Å²) in [6.07, 6.45) is 1.16. The first-order valence-electron chi connectivity index (χ1n) is 8.78. The Morgan fingerprint density at radius 3 is 2.56 bits per heavy atom. The van der Waals surface area contributed by atoms with Crippen LogP contribution in [0.4, 0.5) is 0 Å². The highest BCUT2D eigenvalue weighted by molar-refractivity contribution is 6.30. The van der Waals surface area contributed by atoms with Crippen molar-refractivity contribution in [2.24, 2.45) is 0 Å². The van der Waals surface area contributed by atoms with Gasteiger partial charge in [0, 0.05) is 22.5 Å². The van der Waals surface area contributed by atoms with Crippen LogP contribution in [-0.2, 0) is 4.79 Å². The normalized spacial score (nSPS) is 16.8. The summed E-state index contributed by atoms with van der Waals surface area (Å²) in [5, 5.41) is 10.9. The molecule has 1 fully saturated rings. The first-order valence-corrected chi connectivity index (χ1v) is 9.16. The third kappa shape index (κ3) is 3.08. The molecule has 1 aliphatic heterocycles. The molecule has 0 spiro atoms. The number of carbonyl (C=O) groups excluding carboxylic acids is 1. The average Bonchev–Trinajstić information content (AvgIpc) is 3.27. The van der Waals surface area contributed by atoms with Crippen LogP contribution in [0.1, 0.15) is 29.0 Å². The van der Waals surface area contributed by atoms with E-state index >= 15 is 0 Å². The second kappa shape index (κ2) is 6.74. The predicted octanol–water partition coefficient (Wildman–Crippen LogP) is 4.75. The minimum Gasteiger partial charge on any atom is -0.480 e. The maximum atomic E-state index is 12.9. The lowest BCUT2D eigenvalue weighted by atomic mass is 10.0. The van der Waals surface area contributed by atoms with E-state index in [0.29, 0.717) is 30.0 Å². The lowest BCUT2D eigenvalue weighted by Crippen LogP contribution is -2.40. The number of aryl methyl sites for hydroxylation is 1. The summed E-state index contributed by atoms with van der Waals surface area (Å²) in [6.45, 7) is 2.26. The van der Waals surface area contributed by atoms with Crippen LogP contribution in [0.5, 0.6) is 0 Å². The van der Waals surface area contributed by atoms with Crippen LogP contribution < -0.4 is 0 Å². The van der Waals surface area contributed by atoms with Crippen molar-refractivity contribution >= 4 is 34.4 Å². The molecule has 1 N–H and O–H groups in total. The fraction of sp³-hybridized carbons (Fsp3) is 0.238. The van der Waals surface area contributed by atoms with Gasteiger partial charge in [-0.05, 0) is 49.1 Å². The fourth-order valence-corrected chi connectivity index (χ4v) is 3.77. The predicted molar refractivity (Wildman–Crippen MR) is 103 cm³/mol. The molecule has 1 aromatic heterocycles. The molecule has 1 amide bonds. The molecule has 1 saturated heterocycles. The number of likely N-dealkylation sites (tertiary alicyclic amines) is 1. The first-order chi connectivity index (χ1) is 13.0. The highest BCUT2D eigenvalue weighted by Crippen LogP contribution is 2.32. The van der Waals surface area contributed by atoms with E-state index in [-0.39, 0.29) is 11.7 Å². The molecule has 27 heavy (non-hydrogen) atoms. The van der Waals surface area contributed by atoms with Crippen molar-refractivity contribution in [3.8, 4) is 11.1 Å². The van der Waals surface area contributed by atoms with E-state index in [2.05, 4.69) is 0 Å². The Labute approximate surface area is 161 Å². The Balaban J connectivity index is 1.72. The van der Waals surface area contributed by atoms with Gasteiger partial charge in [-0.2, -0.15) is 0 Å². The second-order valence-corrected chi connectivity index (χ2v) is 7.21. The molecule has 0 radical (unpaired) electrons. The molecule has 2 aromatic carbocycles. The van der Waals surface area contributed by atoms with Gasteiger partial charge in [0.1, 0.15) is 11.6 Å². The van der Waals surface area contributed by atoms with Crippen molar-refractivity contribution in [2.45, 2.75) is 25.8 Å². The number of carboxylic acids is 1. The number of amides is 1. The minimum atomic E-state index is -0.973. The lowest BCUT2D eigenvalue weighted by Gasteiger charge is -2.20. The molecule has 1 aliphatic rings. The molecule has 5 nitrogen and oxygen atoms in total. The molecule has 3 aromatic rings.